The Bertz CT molecular complexity index is 801. The smallest absolute Gasteiger partial charge is 0.337 e. The molecule has 0 bridgehead atoms. The van der Waals surface area contributed by atoms with Crippen molar-refractivity contribution in [1.82, 2.24) is 4.31 Å². The quantitative estimate of drug-likeness (QED) is 0.789. The number of esters is 1. The van der Waals surface area contributed by atoms with Crippen molar-refractivity contribution in [2.45, 2.75) is 18.4 Å². The Hall–Kier alpha value is -2.18. The molecule has 0 fully saturated rings. The summed E-state index contributed by atoms with van der Waals surface area (Å²) in [5.41, 5.74) is 1.68. The van der Waals surface area contributed by atoms with Crippen molar-refractivity contribution >= 4 is 16.0 Å². The van der Waals surface area contributed by atoms with E-state index in [1.165, 1.54) is 24.5 Å². The summed E-state index contributed by atoms with van der Waals surface area (Å²) in [7, 11) is -0.924. The average Bonchev–Trinajstić information content (AvgIpc) is 2.55. The minimum absolute atomic E-state index is 0.110. The molecule has 5 nitrogen and oxygen atoms in total. The number of sulfonamides is 1. The van der Waals surface area contributed by atoms with Gasteiger partial charge in [-0.15, -0.1) is 0 Å². The van der Waals surface area contributed by atoms with Gasteiger partial charge in [0.2, 0.25) is 10.0 Å². The molecule has 0 aromatic heterocycles. The van der Waals surface area contributed by atoms with Gasteiger partial charge in [0.25, 0.3) is 0 Å². The highest BCUT2D eigenvalue weighted by Crippen LogP contribution is 2.22. The molecular formula is C17H19NO4S. The number of carbonyl (C=O) groups excluding carboxylic acids is 1. The average molecular weight is 333 g/mol. The molecule has 0 unspecified atom stereocenters. The van der Waals surface area contributed by atoms with Crippen LogP contribution in [0.15, 0.2) is 53.4 Å². The van der Waals surface area contributed by atoms with E-state index in [1.807, 2.05) is 30.3 Å². The number of hydrogen-bond donors (Lipinski definition) is 0. The van der Waals surface area contributed by atoms with Gasteiger partial charge < -0.3 is 4.74 Å². The van der Waals surface area contributed by atoms with Crippen LogP contribution in [0.25, 0.3) is 0 Å². The Morgan fingerprint density at radius 1 is 1.13 bits per heavy atom. The molecule has 0 saturated carbocycles. The van der Waals surface area contributed by atoms with Gasteiger partial charge in [-0.05, 0) is 30.2 Å². The molecule has 0 saturated heterocycles. The van der Waals surface area contributed by atoms with E-state index in [4.69, 9.17) is 0 Å². The summed E-state index contributed by atoms with van der Waals surface area (Å²) in [6, 6.07) is 13.8. The van der Waals surface area contributed by atoms with Gasteiger partial charge in [0.15, 0.2) is 0 Å². The maximum Gasteiger partial charge on any atom is 0.337 e. The molecule has 0 spiro atoms. The molecule has 0 amide bonds. The Kier molecular flexibility index (Phi) is 5.18. The molecule has 2 rings (SSSR count). The van der Waals surface area contributed by atoms with Gasteiger partial charge in [-0.3, -0.25) is 0 Å². The Balaban J connectivity index is 2.37. The third-order valence-electron chi connectivity index (χ3n) is 3.55. The largest absolute Gasteiger partial charge is 0.465 e. The number of nitrogens with zero attached hydrogens (tertiary/aromatic N) is 1. The van der Waals surface area contributed by atoms with Gasteiger partial charge in [-0.2, -0.15) is 4.31 Å². The van der Waals surface area contributed by atoms with Crippen LogP contribution in [0, 0.1) is 6.92 Å². The van der Waals surface area contributed by atoms with Gasteiger partial charge in [-0.25, -0.2) is 13.2 Å². The molecule has 2 aromatic carbocycles. The molecule has 122 valence electrons. The van der Waals surface area contributed by atoms with Crippen molar-refractivity contribution in [1.29, 1.82) is 0 Å². The van der Waals surface area contributed by atoms with Gasteiger partial charge in [0.05, 0.1) is 17.6 Å². The van der Waals surface area contributed by atoms with E-state index in [1.54, 1.807) is 19.1 Å². The highest BCUT2D eigenvalue weighted by atomic mass is 32.2. The topological polar surface area (TPSA) is 63.7 Å². The first-order chi connectivity index (χ1) is 10.9. The van der Waals surface area contributed by atoms with Crippen LogP contribution < -0.4 is 0 Å². The second kappa shape index (κ2) is 6.93. The third-order valence-corrected chi connectivity index (χ3v) is 5.49. The van der Waals surface area contributed by atoms with Gasteiger partial charge in [0, 0.05) is 13.6 Å². The molecule has 0 aliphatic heterocycles. The summed E-state index contributed by atoms with van der Waals surface area (Å²) in [4.78, 5) is 11.7. The lowest BCUT2D eigenvalue weighted by Gasteiger charge is -2.19. The van der Waals surface area contributed by atoms with E-state index in [0.717, 1.165) is 5.56 Å². The molecule has 2 aromatic rings. The minimum atomic E-state index is -3.71. The molecule has 23 heavy (non-hydrogen) atoms. The summed E-state index contributed by atoms with van der Waals surface area (Å²) >= 11 is 0. The zero-order chi connectivity index (χ0) is 17.0. The fourth-order valence-electron chi connectivity index (χ4n) is 2.22. The van der Waals surface area contributed by atoms with Crippen LogP contribution >= 0.6 is 0 Å². The fourth-order valence-corrected chi connectivity index (χ4v) is 3.62. The number of benzene rings is 2. The van der Waals surface area contributed by atoms with Crippen molar-refractivity contribution < 1.29 is 17.9 Å². The molecule has 0 aliphatic carbocycles. The van der Waals surface area contributed by atoms with Crippen LogP contribution in [0.5, 0.6) is 0 Å². The summed E-state index contributed by atoms with van der Waals surface area (Å²) in [6.07, 6.45) is 0. The van der Waals surface area contributed by atoms with Crippen molar-refractivity contribution in [3.05, 3.63) is 65.2 Å². The highest BCUT2D eigenvalue weighted by Gasteiger charge is 2.24. The second-order valence-electron chi connectivity index (χ2n) is 5.22. The lowest BCUT2D eigenvalue weighted by molar-refractivity contribution is 0.0600. The van der Waals surface area contributed by atoms with Gasteiger partial charge in [-0.1, -0.05) is 36.4 Å². The number of aryl methyl sites for hydroxylation is 1. The lowest BCUT2D eigenvalue weighted by atomic mass is 10.1. The van der Waals surface area contributed by atoms with E-state index in [9.17, 15) is 13.2 Å². The predicted molar refractivity (Wildman–Crippen MR) is 87.6 cm³/mol. The Morgan fingerprint density at radius 2 is 1.78 bits per heavy atom. The molecule has 0 N–H and O–H groups in total. The second-order valence-corrected chi connectivity index (χ2v) is 7.23. The van der Waals surface area contributed by atoms with Crippen LogP contribution in [-0.4, -0.2) is 32.8 Å². The summed E-state index contributed by atoms with van der Waals surface area (Å²) in [5.74, 6) is -0.563. The minimum Gasteiger partial charge on any atom is -0.465 e. The maximum absolute atomic E-state index is 12.8. The Labute approximate surface area is 136 Å². The first kappa shape index (κ1) is 17.2. The van der Waals surface area contributed by atoms with E-state index >= 15 is 0 Å². The normalized spacial score (nSPS) is 11.5. The van der Waals surface area contributed by atoms with Gasteiger partial charge in [0.1, 0.15) is 0 Å². The highest BCUT2D eigenvalue weighted by molar-refractivity contribution is 7.89. The molecule has 0 aliphatic rings. The number of rotatable bonds is 5. The van der Waals surface area contributed by atoms with E-state index in [2.05, 4.69) is 4.74 Å². The number of methoxy groups -OCH3 is 1. The monoisotopic (exact) mass is 333 g/mol. The number of carbonyl (C=O) groups is 1. The van der Waals surface area contributed by atoms with E-state index < -0.39 is 16.0 Å². The molecule has 0 heterocycles. The first-order valence-electron chi connectivity index (χ1n) is 7.05. The third kappa shape index (κ3) is 3.78. The van der Waals surface area contributed by atoms with Crippen LogP contribution in [0.1, 0.15) is 21.5 Å². The fraction of sp³-hybridized carbons (Fsp3) is 0.235. The Morgan fingerprint density at radius 3 is 2.39 bits per heavy atom. The summed E-state index contributed by atoms with van der Waals surface area (Å²) in [6.45, 7) is 1.95. The van der Waals surface area contributed by atoms with Crippen LogP contribution in [0.3, 0.4) is 0 Å². The summed E-state index contributed by atoms with van der Waals surface area (Å²) in [5, 5.41) is 0. The van der Waals surface area contributed by atoms with Gasteiger partial charge >= 0.3 is 5.97 Å². The van der Waals surface area contributed by atoms with Crippen molar-refractivity contribution in [3.63, 3.8) is 0 Å². The first-order valence-corrected chi connectivity index (χ1v) is 8.49. The molecule has 6 heteroatoms. The number of ether oxygens (including phenoxy) is 1. The molecule has 0 atom stereocenters. The SMILES string of the molecule is COC(=O)c1ccc(C)c(S(=O)(=O)N(C)Cc2ccccc2)c1. The van der Waals surface area contributed by atoms with Crippen molar-refractivity contribution in [3.8, 4) is 0 Å². The zero-order valence-corrected chi connectivity index (χ0v) is 14.1. The van der Waals surface area contributed by atoms with Crippen molar-refractivity contribution in [2.24, 2.45) is 0 Å². The van der Waals surface area contributed by atoms with Crippen LogP contribution in [0.2, 0.25) is 0 Å². The zero-order valence-electron chi connectivity index (χ0n) is 13.3. The van der Waals surface area contributed by atoms with Crippen molar-refractivity contribution in [2.75, 3.05) is 14.2 Å². The lowest BCUT2D eigenvalue weighted by Crippen LogP contribution is -2.27. The molecular weight excluding hydrogens is 314 g/mol. The van der Waals surface area contributed by atoms with Crippen LogP contribution in [-0.2, 0) is 21.3 Å². The summed E-state index contributed by atoms with van der Waals surface area (Å²) < 4.78 is 31.5. The molecule has 0 radical (unpaired) electrons. The van der Waals surface area contributed by atoms with Crippen LogP contribution in [0.4, 0.5) is 0 Å². The van der Waals surface area contributed by atoms with E-state index in [-0.39, 0.29) is 17.0 Å². The predicted octanol–water partition coefficient (Wildman–Crippen LogP) is 2.60. The standard InChI is InChI=1S/C17H19NO4S/c1-13-9-10-15(17(19)22-3)11-16(13)23(20,21)18(2)12-14-7-5-4-6-8-14/h4-11H,12H2,1-3H3. The maximum atomic E-state index is 12.8. The number of hydrogen-bond acceptors (Lipinski definition) is 4. The van der Waals surface area contributed by atoms with E-state index in [0.29, 0.717) is 5.56 Å².